The number of benzene rings is 2. The fourth-order valence-electron chi connectivity index (χ4n) is 2.37. The molecule has 2 aromatic rings. The number of rotatable bonds is 6. The van der Waals surface area contributed by atoms with Crippen LogP contribution in [0.15, 0.2) is 59.7 Å². The van der Waals surface area contributed by atoms with E-state index in [0.29, 0.717) is 11.4 Å². The quantitative estimate of drug-likeness (QED) is 0.388. The molecule has 1 amide bonds. The van der Waals surface area contributed by atoms with Gasteiger partial charge in [-0.05, 0) is 66.3 Å². The van der Waals surface area contributed by atoms with Crippen molar-refractivity contribution in [3.63, 3.8) is 0 Å². The van der Waals surface area contributed by atoms with Crippen molar-refractivity contribution in [2.75, 3.05) is 10.6 Å². The number of sulfonamides is 1. The summed E-state index contributed by atoms with van der Waals surface area (Å²) >= 11 is 2.21. The summed E-state index contributed by atoms with van der Waals surface area (Å²) in [5.74, 6) is -0.510. The Balaban J connectivity index is 2.19. The first-order chi connectivity index (χ1) is 12.2. The van der Waals surface area contributed by atoms with Gasteiger partial charge in [0.25, 0.3) is 5.91 Å². The highest BCUT2D eigenvalue weighted by atomic mass is 127. The molecular formula is C18H20IN3O3S. The Kier molecular flexibility index (Phi) is 6.76. The lowest BCUT2D eigenvalue weighted by molar-refractivity contribution is -0.121. The molecule has 0 heterocycles. The maximum atomic E-state index is 12.5. The molecule has 0 spiro atoms. The van der Waals surface area contributed by atoms with E-state index < -0.39 is 22.0 Å². The Bertz CT molecular complexity index is 897. The molecule has 26 heavy (non-hydrogen) atoms. The number of carbonyl (C=O) groups is 1. The molecule has 0 fully saturated rings. The van der Waals surface area contributed by atoms with Crippen molar-refractivity contribution in [3.05, 3.63) is 63.7 Å². The van der Waals surface area contributed by atoms with Crippen LogP contribution in [0, 0.1) is 3.57 Å². The summed E-state index contributed by atoms with van der Waals surface area (Å²) in [7, 11) is -3.63. The van der Waals surface area contributed by atoms with Crippen LogP contribution in [0.1, 0.15) is 19.4 Å². The van der Waals surface area contributed by atoms with E-state index in [1.54, 1.807) is 37.3 Å². The Labute approximate surface area is 167 Å². The molecule has 1 N–H and O–H groups in total. The maximum Gasteiger partial charge on any atom is 0.263 e. The number of para-hydroxylation sites is 1. The summed E-state index contributed by atoms with van der Waals surface area (Å²) in [4.78, 5) is 12.5. The SMILES string of the molecule is CC(=NNC(=O)C(C)N(c1ccccc1)S(C)(=O)=O)c1ccc(I)cc1. The van der Waals surface area contributed by atoms with Crippen LogP contribution in [0.3, 0.4) is 0 Å². The van der Waals surface area contributed by atoms with Crippen LogP contribution >= 0.6 is 22.6 Å². The third-order valence-corrected chi connectivity index (χ3v) is 5.66. The van der Waals surface area contributed by atoms with Gasteiger partial charge in [-0.25, -0.2) is 13.8 Å². The Morgan fingerprint density at radius 3 is 2.23 bits per heavy atom. The predicted molar refractivity (Wildman–Crippen MR) is 113 cm³/mol. The van der Waals surface area contributed by atoms with Gasteiger partial charge in [-0.15, -0.1) is 0 Å². The van der Waals surface area contributed by atoms with Gasteiger partial charge in [0.15, 0.2) is 0 Å². The lowest BCUT2D eigenvalue weighted by Crippen LogP contribution is -2.46. The maximum absolute atomic E-state index is 12.5. The van der Waals surface area contributed by atoms with Crippen molar-refractivity contribution in [3.8, 4) is 0 Å². The lowest BCUT2D eigenvalue weighted by Gasteiger charge is -2.27. The van der Waals surface area contributed by atoms with E-state index >= 15 is 0 Å². The Morgan fingerprint density at radius 1 is 1.12 bits per heavy atom. The smallest absolute Gasteiger partial charge is 0.263 e. The average molecular weight is 485 g/mol. The van der Waals surface area contributed by atoms with E-state index in [-0.39, 0.29) is 0 Å². The zero-order valence-electron chi connectivity index (χ0n) is 14.7. The summed E-state index contributed by atoms with van der Waals surface area (Å²) in [6.45, 7) is 3.30. The van der Waals surface area contributed by atoms with E-state index in [9.17, 15) is 13.2 Å². The molecule has 0 aliphatic heterocycles. The number of halogens is 1. The topological polar surface area (TPSA) is 78.8 Å². The zero-order chi connectivity index (χ0) is 19.3. The van der Waals surface area contributed by atoms with Gasteiger partial charge in [-0.1, -0.05) is 30.3 Å². The summed E-state index contributed by atoms with van der Waals surface area (Å²) in [6.07, 6.45) is 1.07. The number of nitrogens with zero attached hydrogens (tertiary/aromatic N) is 2. The van der Waals surface area contributed by atoms with Gasteiger partial charge in [-0.3, -0.25) is 9.10 Å². The van der Waals surface area contributed by atoms with Gasteiger partial charge in [0.1, 0.15) is 6.04 Å². The second kappa shape index (κ2) is 8.63. The first-order valence-corrected chi connectivity index (χ1v) is 10.8. The molecule has 6 nitrogen and oxygen atoms in total. The van der Waals surface area contributed by atoms with Crippen LogP contribution in [0.4, 0.5) is 5.69 Å². The number of hydrogen-bond donors (Lipinski definition) is 1. The fraction of sp³-hybridized carbons (Fsp3) is 0.222. The summed E-state index contributed by atoms with van der Waals surface area (Å²) in [6, 6.07) is 15.3. The Hall–Kier alpha value is -1.94. The van der Waals surface area contributed by atoms with Crippen LogP contribution in [0.2, 0.25) is 0 Å². The standard InChI is InChI=1S/C18H20IN3O3S/c1-13(15-9-11-16(19)12-10-15)20-21-18(23)14(2)22(26(3,24)25)17-7-5-4-6-8-17/h4-12,14H,1-3H3,(H,21,23). The van der Waals surface area contributed by atoms with Crippen LogP contribution in [-0.4, -0.2) is 32.3 Å². The molecule has 0 aliphatic rings. The highest BCUT2D eigenvalue weighted by Gasteiger charge is 2.28. The van der Waals surface area contributed by atoms with E-state index in [2.05, 4.69) is 33.1 Å². The molecule has 0 saturated carbocycles. The van der Waals surface area contributed by atoms with Gasteiger partial charge < -0.3 is 0 Å². The van der Waals surface area contributed by atoms with Gasteiger partial charge in [0.2, 0.25) is 10.0 Å². The van der Waals surface area contributed by atoms with Crippen molar-refractivity contribution in [2.45, 2.75) is 19.9 Å². The monoisotopic (exact) mass is 485 g/mol. The molecule has 1 atom stereocenters. The molecule has 0 bridgehead atoms. The second-order valence-electron chi connectivity index (χ2n) is 5.75. The number of anilines is 1. The number of amides is 1. The van der Waals surface area contributed by atoms with Gasteiger partial charge in [0.05, 0.1) is 17.7 Å². The van der Waals surface area contributed by atoms with Crippen molar-refractivity contribution in [1.82, 2.24) is 5.43 Å². The molecule has 2 rings (SSSR count). The molecule has 0 aliphatic carbocycles. The summed E-state index contributed by atoms with van der Waals surface area (Å²) in [5.41, 5.74) is 4.39. The number of hydrogen-bond acceptors (Lipinski definition) is 4. The minimum atomic E-state index is -3.63. The minimum absolute atomic E-state index is 0.427. The van der Waals surface area contributed by atoms with E-state index in [1.807, 2.05) is 24.3 Å². The fourth-order valence-corrected chi connectivity index (χ4v) is 3.91. The second-order valence-corrected chi connectivity index (χ2v) is 8.86. The highest BCUT2D eigenvalue weighted by Crippen LogP contribution is 2.20. The number of hydrazone groups is 1. The predicted octanol–water partition coefficient (Wildman–Crippen LogP) is 2.99. The van der Waals surface area contributed by atoms with Crippen molar-refractivity contribution in [2.24, 2.45) is 5.10 Å². The largest absolute Gasteiger partial charge is 0.271 e. The first kappa shape index (κ1) is 20.4. The van der Waals surface area contributed by atoms with Gasteiger partial charge >= 0.3 is 0 Å². The lowest BCUT2D eigenvalue weighted by atomic mass is 10.1. The van der Waals surface area contributed by atoms with Gasteiger partial charge in [-0.2, -0.15) is 5.10 Å². The molecule has 1 unspecified atom stereocenters. The number of carbonyl (C=O) groups excluding carboxylic acids is 1. The molecule has 0 aromatic heterocycles. The summed E-state index contributed by atoms with van der Waals surface area (Å²) in [5, 5.41) is 4.10. The summed E-state index contributed by atoms with van der Waals surface area (Å²) < 4.78 is 26.5. The molecule has 8 heteroatoms. The third kappa shape index (κ3) is 5.28. The van der Waals surface area contributed by atoms with Crippen molar-refractivity contribution < 1.29 is 13.2 Å². The molecule has 0 saturated heterocycles. The minimum Gasteiger partial charge on any atom is -0.271 e. The Morgan fingerprint density at radius 2 is 1.69 bits per heavy atom. The van der Waals surface area contributed by atoms with Crippen molar-refractivity contribution in [1.29, 1.82) is 0 Å². The van der Waals surface area contributed by atoms with Crippen LogP contribution in [0.5, 0.6) is 0 Å². The zero-order valence-corrected chi connectivity index (χ0v) is 17.7. The third-order valence-electron chi connectivity index (χ3n) is 3.69. The molecular weight excluding hydrogens is 465 g/mol. The van der Waals surface area contributed by atoms with Crippen LogP contribution in [-0.2, 0) is 14.8 Å². The van der Waals surface area contributed by atoms with E-state index in [4.69, 9.17) is 0 Å². The molecule has 0 radical (unpaired) electrons. The normalized spacial score (nSPS) is 13.2. The average Bonchev–Trinajstić information content (AvgIpc) is 2.59. The van der Waals surface area contributed by atoms with Gasteiger partial charge in [0, 0.05) is 3.57 Å². The van der Waals surface area contributed by atoms with E-state index in [0.717, 1.165) is 19.7 Å². The highest BCUT2D eigenvalue weighted by molar-refractivity contribution is 14.1. The van der Waals surface area contributed by atoms with Crippen molar-refractivity contribution >= 4 is 49.9 Å². The number of nitrogens with one attached hydrogen (secondary N) is 1. The molecule has 2 aromatic carbocycles. The van der Waals surface area contributed by atoms with Crippen LogP contribution in [0.25, 0.3) is 0 Å². The molecule has 138 valence electrons. The first-order valence-electron chi connectivity index (χ1n) is 7.84. The van der Waals surface area contributed by atoms with E-state index in [1.165, 1.54) is 6.92 Å². The van der Waals surface area contributed by atoms with Crippen LogP contribution < -0.4 is 9.73 Å².